The quantitative estimate of drug-likeness (QED) is 0.893. The number of anilines is 1. The summed E-state index contributed by atoms with van der Waals surface area (Å²) < 4.78 is 36.1. The fourth-order valence-corrected chi connectivity index (χ4v) is 3.25. The number of amides is 1. The third-order valence-electron chi connectivity index (χ3n) is 2.62. The first-order valence-corrected chi connectivity index (χ1v) is 8.38. The van der Waals surface area contributed by atoms with E-state index in [0.717, 1.165) is 35.1 Å². The number of carbonyl (C=O) groups excluding carboxylic acids is 1. The minimum atomic E-state index is -3.99. The molecule has 0 fully saturated rings. The van der Waals surface area contributed by atoms with Crippen LogP contribution >= 0.6 is 22.9 Å². The van der Waals surface area contributed by atoms with Crippen LogP contribution in [0.3, 0.4) is 0 Å². The molecule has 2 aromatic rings. The number of halogens is 2. The average molecular weight is 349 g/mol. The third-order valence-corrected chi connectivity index (χ3v) is 5.23. The van der Waals surface area contributed by atoms with E-state index < -0.39 is 21.7 Å². The Hall–Kier alpha value is -1.48. The molecule has 3 N–H and O–H groups in total. The molecule has 1 heterocycles. The van der Waals surface area contributed by atoms with Gasteiger partial charge in [0.25, 0.3) is 5.91 Å². The molecular formula is C12H10ClFN2O3S2. The molecule has 0 aliphatic carbocycles. The van der Waals surface area contributed by atoms with Crippen LogP contribution < -0.4 is 10.5 Å². The first-order chi connectivity index (χ1) is 9.70. The Balaban J connectivity index is 2.35. The van der Waals surface area contributed by atoms with Crippen LogP contribution in [0.5, 0.6) is 0 Å². The van der Waals surface area contributed by atoms with Crippen LogP contribution in [-0.2, 0) is 10.0 Å². The number of thiophene rings is 1. The summed E-state index contributed by atoms with van der Waals surface area (Å²) in [4.78, 5) is 11.9. The van der Waals surface area contributed by atoms with Gasteiger partial charge in [-0.2, -0.15) is 0 Å². The lowest BCUT2D eigenvalue weighted by atomic mass is 10.3. The van der Waals surface area contributed by atoms with Crippen molar-refractivity contribution in [1.82, 2.24) is 0 Å². The highest BCUT2D eigenvalue weighted by atomic mass is 35.5. The van der Waals surface area contributed by atoms with Crippen molar-refractivity contribution in [2.75, 3.05) is 5.32 Å². The average Bonchev–Trinajstić information content (AvgIpc) is 2.71. The molecule has 1 amide bonds. The molecule has 0 unspecified atom stereocenters. The monoisotopic (exact) mass is 348 g/mol. The Kier molecular flexibility index (Phi) is 4.33. The second-order valence-corrected chi connectivity index (χ2v) is 7.02. The van der Waals surface area contributed by atoms with Crippen LogP contribution in [0, 0.1) is 12.7 Å². The molecule has 0 aliphatic heterocycles. The van der Waals surface area contributed by atoms with Gasteiger partial charge >= 0.3 is 0 Å². The van der Waals surface area contributed by atoms with E-state index in [1.165, 1.54) is 0 Å². The summed E-state index contributed by atoms with van der Waals surface area (Å²) in [6, 6.07) is 2.89. The maximum Gasteiger partial charge on any atom is 0.267 e. The molecule has 1 aromatic heterocycles. The van der Waals surface area contributed by atoms with Gasteiger partial charge in [-0.25, -0.2) is 17.9 Å². The van der Waals surface area contributed by atoms with Crippen LogP contribution in [0.25, 0.3) is 0 Å². The normalized spacial score (nSPS) is 11.4. The number of carbonyl (C=O) groups is 1. The van der Waals surface area contributed by atoms with Crippen molar-refractivity contribution in [1.29, 1.82) is 0 Å². The van der Waals surface area contributed by atoms with E-state index in [9.17, 15) is 17.6 Å². The Bertz CT molecular complexity index is 818. The number of hydrogen-bond acceptors (Lipinski definition) is 4. The zero-order chi connectivity index (χ0) is 15.8. The molecule has 21 heavy (non-hydrogen) atoms. The van der Waals surface area contributed by atoms with Gasteiger partial charge < -0.3 is 5.32 Å². The third kappa shape index (κ3) is 3.41. The van der Waals surface area contributed by atoms with Crippen molar-refractivity contribution in [2.45, 2.75) is 11.8 Å². The van der Waals surface area contributed by atoms with Crippen LogP contribution in [0.4, 0.5) is 10.1 Å². The maximum atomic E-state index is 13.7. The lowest BCUT2D eigenvalue weighted by Gasteiger charge is -2.07. The highest BCUT2D eigenvalue weighted by Crippen LogP contribution is 2.28. The van der Waals surface area contributed by atoms with Gasteiger partial charge in [-0.15, -0.1) is 11.3 Å². The lowest BCUT2D eigenvalue weighted by molar-refractivity contribution is 0.103. The fourth-order valence-electron chi connectivity index (χ4n) is 1.54. The van der Waals surface area contributed by atoms with Crippen molar-refractivity contribution in [2.24, 2.45) is 5.14 Å². The number of nitrogens with one attached hydrogen (secondary N) is 1. The van der Waals surface area contributed by atoms with Crippen molar-refractivity contribution in [3.63, 3.8) is 0 Å². The Morgan fingerprint density at radius 1 is 1.43 bits per heavy atom. The van der Waals surface area contributed by atoms with Crippen molar-refractivity contribution >= 4 is 44.6 Å². The molecule has 0 radical (unpaired) electrons. The van der Waals surface area contributed by atoms with Crippen LogP contribution in [0.1, 0.15) is 15.2 Å². The van der Waals surface area contributed by atoms with E-state index in [4.69, 9.17) is 16.7 Å². The van der Waals surface area contributed by atoms with Crippen molar-refractivity contribution in [3.05, 3.63) is 44.9 Å². The number of rotatable bonds is 3. The number of aryl methyl sites for hydroxylation is 1. The summed E-state index contributed by atoms with van der Waals surface area (Å²) in [5.41, 5.74) is 0.444. The first kappa shape index (κ1) is 15.9. The Morgan fingerprint density at radius 2 is 2.10 bits per heavy atom. The standard InChI is InChI=1S/C12H10ClFN2O3S2/c1-6-5-20-11(10(6)13)12(17)16-9-4-7(21(15,18)19)2-3-8(9)14/h2-5H,1H3,(H,16,17)(H2,15,18,19). The fraction of sp³-hybridized carbons (Fsp3) is 0.0833. The highest BCUT2D eigenvalue weighted by molar-refractivity contribution is 7.89. The molecule has 5 nitrogen and oxygen atoms in total. The van der Waals surface area contributed by atoms with Crippen LogP contribution in [0.15, 0.2) is 28.5 Å². The Morgan fingerprint density at radius 3 is 2.62 bits per heavy atom. The van der Waals surface area contributed by atoms with Gasteiger partial charge in [0.2, 0.25) is 10.0 Å². The highest BCUT2D eigenvalue weighted by Gasteiger charge is 2.18. The smallest absolute Gasteiger partial charge is 0.267 e. The lowest BCUT2D eigenvalue weighted by Crippen LogP contribution is -2.15. The molecule has 2 rings (SSSR count). The largest absolute Gasteiger partial charge is 0.319 e. The summed E-state index contributed by atoms with van der Waals surface area (Å²) in [5.74, 6) is -1.40. The number of benzene rings is 1. The summed E-state index contributed by atoms with van der Waals surface area (Å²) >= 11 is 7.06. The molecular weight excluding hydrogens is 339 g/mol. The zero-order valence-electron chi connectivity index (χ0n) is 10.7. The van der Waals surface area contributed by atoms with Gasteiger partial charge in [0.1, 0.15) is 10.7 Å². The second kappa shape index (κ2) is 5.72. The molecule has 0 aliphatic rings. The predicted molar refractivity (Wildman–Crippen MR) is 79.8 cm³/mol. The van der Waals surface area contributed by atoms with Gasteiger partial charge in [0.05, 0.1) is 15.6 Å². The van der Waals surface area contributed by atoms with E-state index in [2.05, 4.69) is 5.32 Å². The van der Waals surface area contributed by atoms with E-state index in [1.54, 1.807) is 12.3 Å². The molecule has 0 atom stereocenters. The number of sulfonamides is 1. The van der Waals surface area contributed by atoms with Crippen molar-refractivity contribution in [3.8, 4) is 0 Å². The van der Waals surface area contributed by atoms with Gasteiger partial charge in [-0.05, 0) is 36.1 Å². The molecule has 0 saturated carbocycles. The van der Waals surface area contributed by atoms with E-state index in [0.29, 0.717) is 0 Å². The SMILES string of the molecule is Cc1csc(C(=O)Nc2cc(S(N)(=O)=O)ccc2F)c1Cl. The van der Waals surface area contributed by atoms with Crippen LogP contribution in [0.2, 0.25) is 5.02 Å². The summed E-state index contributed by atoms with van der Waals surface area (Å²) in [5, 5.41) is 9.22. The molecule has 112 valence electrons. The summed E-state index contributed by atoms with van der Waals surface area (Å²) in [6.45, 7) is 1.73. The summed E-state index contributed by atoms with van der Waals surface area (Å²) in [6.07, 6.45) is 0. The number of nitrogens with two attached hydrogens (primary N) is 1. The Labute approximate surface area is 129 Å². The van der Waals surface area contributed by atoms with Gasteiger partial charge in [0, 0.05) is 0 Å². The zero-order valence-corrected chi connectivity index (χ0v) is 13.1. The molecule has 9 heteroatoms. The minimum absolute atomic E-state index is 0.217. The van der Waals surface area contributed by atoms with E-state index in [1.807, 2.05) is 0 Å². The number of hydrogen-bond donors (Lipinski definition) is 2. The van der Waals surface area contributed by atoms with Gasteiger partial charge in [-0.1, -0.05) is 11.6 Å². The molecule has 0 saturated heterocycles. The minimum Gasteiger partial charge on any atom is -0.319 e. The first-order valence-electron chi connectivity index (χ1n) is 5.57. The van der Waals surface area contributed by atoms with E-state index >= 15 is 0 Å². The van der Waals surface area contributed by atoms with Crippen LogP contribution in [-0.4, -0.2) is 14.3 Å². The van der Waals surface area contributed by atoms with E-state index in [-0.39, 0.29) is 20.5 Å². The van der Waals surface area contributed by atoms with Crippen molar-refractivity contribution < 1.29 is 17.6 Å². The topological polar surface area (TPSA) is 89.3 Å². The summed E-state index contributed by atoms with van der Waals surface area (Å²) in [7, 11) is -3.99. The molecule has 0 bridgehead atoms. The number of primary sulfonamides is 1. The van der Waals surface area contributed by atoms with Gasteiger partial charge in [0.15, 0.2) is 0 Å². The second-order valence-electron chi connectivity index (χ2n) is 4.20. The predicted octanol–water partition coefficient (Wildman–Crippen LogP) is 2.75. The maximum absolute atomic E-state index is 13.7. The molecule has 1 aromatic carbocycles. The van der Waals surface area contributed by atoms with Gasteiger partial charge in [-0.3, -0.25) is 4.79 Å². The molecule has 0 spiro atoms.